The molecule has 0 aliphatic heterocycles. The van der Waals surface area contributed by atoms with Crippen LogP contribution in [0.5, 0.6) is 5.88 Å². The van der Waals surface area contributed by atoms with Crippen LogP contribution in [0.15, 0.2) is 0 Å². The van der Waals surface area contributed by atoms with Crippen LogP contribution in [0.3, 0.4) is 0 Å². The van der Waals surface area contributed by atoms with Crippen LogP contribution in [0.1, 0.15) is 0 Å². The van der Waals surface area contributed by atoms with Gasteiger partial charge in [0.25, 0.3) is 0 Å². The van der Waals surface area contributed by atoms with Gasteiger partial charge in [0.2, 0.25) is 5.88 Å². The molecule has 0 aromatic carbocycles. The average Bonchev–Trinajstić information content (AvgIpc) is 1.85. The Morgan fingerprint density at radius 1 is 1.75 bits per heavy atom. The first-order valence-electron chi connectivity index (χ1n) is 1.71. The third-order valence-electron chi connectivity index (χ3n) is 0.543. The lowest BCUT2D eigenvalue weighted by Gasteiger charge is -1.74. The molecule has 44 valence electrons. The lowest BCUT2D eigenvalue weighted by molar-refractivity contribution is 0.456. The summed E-state index contributed by atoms with van der Waals surface area (Å²) in [6.07, 6.45) is 0. The topological polar surface area (TPSA) is 33.1 Å². The quantitative estimate of drug-likeness (QED) is 0.726. The van der Waals surface area contributed by atoms with Gasteiger partial charge in [0.05, 0.1) is 0 Å². The molecule has 8 heavy (non-hydrogen) atoms. The number of nitrogens with zero attached hydrogens (tertiary/aromatic N) is 1. The van der Waals surface area contributed by atoms with Crippen molar-refractivity contribution in [3.05, 3.63) is 7.35 Å². The van der Waals surface area contributed by atoms with E-state index in [2.05, 4.69) is 4.98 Å². The molecule has 0 unspecified atom stereocenters. The van der Waals surface area contributed by atoms with E-state index in [0.29, 0.717) is 4.34 Å². The van der Waals surface area contributed by atoms with Crippen molar-refractivity contribution < 1.29 is 5.11 Å². The molecule has 2 nitrogen and oxygen atoms in total. The fraction of sp³-hybridized carbons (Fsp3) is 0. The maximum Gasteiger partial charge on any atom is 0.242 e. The Hall–Kier alpha value is 0.450. The first-order chi connectivity index (χ1) is 3.70. The van der Waals surface area contributed by atoms with E-state index in [1.807, 2.05) is 22.6 Å². The molecule has 0 atom stereocenters. The molecule has 0 aliphatic rings. The molecule has 0 bridgehead atoms. The van der Waals surface area contributed by atoms with Crippen molar-refractivity contribution in [3.8, 4) is 5.88 Å². The molecule has 5 heteroatoms. The highest BCUT2D eigenvalue weighted by molar-refractivity contribution is 14.1. The largest absolute Gasteiger partial charge is 0.492 e. The van der Waals surface area contributed by atoms with Gasteiger partial charge in [-0.1, -0.05) is 22.9 Å². The maximum atomic E-state index is 8.70. The lowest BCUT2D eigenvalue weighted by Crippen LogP contribution is -1.61. The van der Waals surface area contributed by atoms with Gasteiger partial charge in [-0.05, 0) is 22.6 Å². The van der Waals surface area contributed by atoms with Gasteiger partial charge in [0.15, 0.2) is 7.35 Å². The molecule has 0 radical (unpaired) electrons. The summed E-state index contributed by atoms with van der Waals surface area (Å²) in [6.45, 7) is 0. The van der Waals surface area contributed by atoms with E-state index in [9.17, 15) is 0 Å². The minimum Gasteiger partial charge on any atom is -0.492 e. The van der Waals surface area contributed by atoms with Gasteiger partial charge >= 0.3 is 0 Å². The van der Waals surface area contributed by atoms with Crippen molar-refractivity contribution in [2.75, 3.05) is 0 Å². The van der Waals surface area contributed by atoms with Gasteiger partial charge in [-0.3, -0.25) is 0 Å². The van der Waals surface area contributed by atoms with Crippen LogP contribution in [0.2, 0.25) is 4.34 Å². The smallest absolute Gasteiger partial charge is 0.242 e. The third-order valence-corrected chi connectivity index (χ3v) is 2.47. The minimum atomic E-state index is -0.0685. The molecule has 0 spiro atoms. The van der Waals surface area contributed by atoms with E-state index in [1.54, 1.807) is 0 Å². The predicted molar refractivity (Wildman–Crippen MR) is 41.5 cm³/mol. The summed E-state index contributed by atoms with van der Waals surface area (Å²) in [5.74, 6) is -0.0685. The van der Waals surface area contributed by atoms with Gasteiger partial charge in [0.1, 0.15) is 0 Å². The zero-order chi connectivity index (χ0) is 6.15. The summed E-state index contributed by atoms with van der Waals surface area (Å²) in [4.78, 5) is 3.64. The Balaban J connectivity index is 3.14. The lowest BCUT2D eigenvalue weighted by atomic mass is 10.9. The third kappa shape index (κ3) is 1.24. The second-order valence-electron chi connectivity index (χ2n) is 1.06. The van der Waals surface area contributed by atoms with Crippen molar-refractivity contribution in [1.29, 1.82) is 0 Å². The van der Waals surface area contributed by atoms with Gasteiger partial charge in [-0.25, -0.2) is 0 Å². The number of halogens is 2. The fourth-order valence-electron chi connectivity index (χ4n) is 0.270. The standard InChI is InChI=1S/C3HClINOS/c4-1-2(7)6-3(5)8-1/h7H. The number of hydrogen-bond donors (Lipinski definition) is 1. The summed E-state index contributed by atoms with van der Waals surface area (Å²) < 4.78 is 1.11. The first kappa shape index (κ1) is 6.57. The van der Waals surface area contributed by atoms with Gasteiger partial charge < -0.3 is 5.11 Å². The van der Waals surface area contributed by atoms with Crippen molar-refractivity contribution in [2.24, 2.45) is 0 Å². The second-order valence-corrected chi connectivity index (χ2v) is 4.42. The van der Waals surface area contributed by atoms with Crippen molar-refractivity contribution in [3.63, 3.8) is 0 Å². The molecule has 1 aromatic rings. The van der Waals surface area contributed by atoms with E-state index in [1.165, 1.54) is 11.3 Å². The van der Waals surface area contributed by atoms with Crippen LogP contribution < -0.4 is 0 Å². The second kappa shape index (κ2) is 2.36. The maximum absolute atomic E-state index is 8.70. The van der Waals surface area contributed by atoms with E-state index in [-0.39, 0.29) is 5.88 Å². The van der Waals surface area contributed by atoms with Crippen LogP contribution in [-0.4, -0.2) is 10.1 Å². The highest BCUT2D eigenvalue weighted by Gasteiger charge is 2.02. The molecule has 0 fully saturated rings. The fourth-order valence-corrected chi connectivity index (χ4v) is 2.23. The Labute approximate surface area is 68.7 Å². The molecule has 0 saturated carbocycles. The van der Waals surface area contributed by atoms with Crippen LogP contribution in [-0.2, 0) is 0 Å². The summed E-state index contributed by atoms with van der Waals surface area (Å²) in [6, 6.07) is 0. The zero-order valence-electron chi connectivity index (χ0n) is 3.56. The summed E-state index contributed by atoms with van der Waals surface area (Å²) >= 11 is 8.68. The number of aromatic hydroxyl groups is 1. The summed E-state index contributed by atoms with van der Waals surface area (Å²) in [5, 5.41) is 8.70. The van der Waals surface area contributed by atoms with E-state index < -0.39 is 0 Å². The molecule has 1 N–H and O–H groups in total. The van der Waals surface area contributed by atoms with Crippen molar-refractivity contribution in [2.45, 2.75) is 0 Å². The van der Waals surface area contributed by atoms with Gasteiger partial charge in [-0.15, -0.1) is 0 Å². The minimum absolute atomic E-state index is 0.0685. The van der Waals surface area contributed by atoms with Crippen LogP contribution in [0.4, 0.5) is 0 Å². The number of aromatic nitrogens is 1. The van der Waals surface area contributed by atoms with Crippen LogP contribution in [0.25, 0.3) is 0 Å². The summed E-state index contributed by atoms with van der Waals surface area (Å²) in [7, 11) is 0. The van der Waals surface area contributed by atoms with E-state index in [4.69, 9.17) is 16.7 Å². The average molecular weight is 261 g/mol. The van der Waals surface area contributed by atoms with Crippen LogP contribution >= 0.6 is 45.5 Å². The Morgan fingerprint density at radius 2 is 2.38 bits per heavy atom. The Bertz CT molecular complexity index is 182. The Morgan fingerprint density at radius 3 is 2.50 bits per heavy atom. The molecular weight excluding hydrogens is 260 g/mol. The number of thiazole rings is 1. The Kier molecular flexibility index (Phi) is 1.94. The molecule has 1 aromatic heterocycles. The normalized spacial score (nSPS) is 9.75. The van der Waals surface area contributed by atoms with E-state index >= 15 is 0 Å². The SMILES string of the molecule is Oc1nc(I)sc1Cl. The first-order valence-corrected chi connectivity index (χ1v) is 3.98. The van der Waals surface area contributed by atoms with E-state index in [0.717, 1.165) is 3.01 Å². The zero-order valence-corrected chi connectivity index (χ0v) is 7.29. The monoisotopic (exact) mass is 261 g/mol. The number of rotatable bonds is 0. The molecule has 0 amide bonds. The highest BCUT2D eigenvalue weighted by Crippen LogP contribution is 2.29. The van der Waals surface area contributed by atoms with Gasteiger partial charge in [0, 0.05) is 0 Å². The van der Waals surface area contributed by atoms with Crippen molar-refractivity contribution in [1.82, 2.24) is 4.98 Å². The van der Waals surface area contributed by atoms with Crippen LogP contribution in [0, 0.1) is 3.01 Å². The summed E-state index contributed by atoms with van der Waals surface area (Å²) in [5.41, 5.74) is 0. The van der Waals surface area contributed by atoms with Gasteiger partial charge in [-0.2, -0.15) is 4.98 Å². The molecular formula is C3HClINOS. The molecule has 1 rings (SSSR count). The molecule has 0 saturated heterocycles. The molecule has 0 aliphatic carbocycles. The predicted octanol–water partition coefficient (Wildman–Crippen LogP) is 2.11. The number of hydrogen-bond acceptors (Lipinski definition) is 3. The van der Waals surface area contributed by atoms with Crippen molar-refractivity contribution >= 4 is 45.5 Å². The molecule has 1 heterocycles. The highest BCUT2D eigenvalue weighted by atomic mass is 127.